The number of methoxy groups -OCH3 is 1. The summed E-state index contributed by atoms with van der Waals surface area (Å²) in [5.74, 6) is -0.528. The molecular weight excluding hydrogens is 539 g/mol. The number of thiophene rings is 1. The number of aliphatic imine (C=N–C) groups is 1. The molecule has 200 valence electrons. The van der Waals surface area contributed by atoms with Crippen molar-refractivity contribution in [1.82, 2.24) is 9.34 Å². The molecule has 0 saturated carbocycles. The topological polar surface area (TPSA) is 57.5 Å². The first-order valence-electron chi connectivity index (χ1n) is 12.0. The van der Waals surface area contributed by atoms with Gasteiger partial charge in [0.15, 0.2) is 7.36 Å². The number of hydrogen-bond donors (Lipinski definition) is 0. The van der Waals surface area contributed by atoms with Crippen LogP contribution >= 0.6 is 18.7 Å². The first-order valence-corrected chi connectivity index (χ1v) is 14.5. The molecular formula is C26H25F4N4O2PS. The fourth-order valence-corrected chi connectivity index (χ4v) is 9.98. The van der Waals surface area contributed by atoms with Crippen molar-refractivity contribution >= 4 is 46.5 Å². The van der Waals surface area contributed by atoms with Gasteiger partial charge in [0.05, 0.1) is 23.7 Å². The molecule has 0 spiro atoms. The van der Waals surface area contributed by atoms with E-state index in [-0.39, 0.29) is 10.6 Å². The van der Waals surface area contributed by atoms with E-state index in [2.05, 4.69) is 4.67 Å². The molecule has 0 N–H and O–H groups in total. The van der Waals surface area contributed by atoms with Crippen LogP contribution in [0.1, 0.15) is 40.1 Å². The highest BCUT2D eigenvalue weighted by Gasteiger charge is 2.44. The number of hydrogen-bond acceptors (Lipinski definition) is 5. The second-order valence-corrected chi connectivity index (χ2v) is 13.0. The highest BCUT2D eigenvalue weighted by molar-refractivity contribution is 7.71. The van der Waals surface area contributed by atoms with Gasteiger partial charge in [0, 0.05) is 25.7 Å². The van der Waals surface area contributed by atoms with Gasteiger partial charge in [0.1, 0.15) is 21.5 Å². The summed E-state index contributed by atoms with van der Waals surface area (Å²) in [6.07, 6.45) is -1.89. The maximum absolute atomic E-state index is 14.1. The van der Waals surface area contributed by atoms with Gasteiger partial charge in [-0.15, -0.1) is 11.3 Å². The van der Waals surface area contributed by atoms with Crippen molar-refractivity contribution in [3.05, 3.63) is 76.4 Å². The Kier molecular flexibility index (Phi) is 7.19. The van der Waals surface area contributed by atoms with E-state index in [1.165, 1.54) is 37.4 Å². The van der Waals surface area contributed by atoms with E-state index in [1.54, 1.807) is 25.2 Å². The van der Waals surface area contributed by atoms with Crippen LogP contribution in [0.5, 0.6) is 0 Å². The van der Waals surface area contributed by atoms with E-state index in [9.17, 15) is 22.4 Å². The van der Waals surface area contributed by atoms with Gasteiger partial charge in [-0.25, -0.2) is 23.6 Å². The molecule has 0 aliphatic carbocycles. The summed E-state index contributed by atoms with van der Waals surface area (Å²) in [5, 5.41) is 1.09. The van der Waals surface area contributed by atoms with Crippen molar-refractivity contribution in [2.45, 2.75) is 25.4 Å². The zero-order valence-corrected chi connectivity index (χ0v) is 22.4. The van der Waals surface area contributed by atoms with Gasteiger partial charge in [0.25, 0.3) is 0 Å². The molecule has 2 aliphatic rings. The van der Waals surface area contributed by atoms with Crippen LogP contribution in [-0.2, 0) is 10.9 Å². The maximum Gasteiger partial charge on any atom is 0.418 e. The van der Waals surface area contributed by atoms with Crippen LogP contribution in [0, 0.1) is 5.82 Å². The van der Waals surface area contributed by atoms with E-state index < -0.39 is 30.9 Å². The number of ether oxygens (including phenoxy) is 1. The fraction of sp³-hybridized carbons (Fsp3) is 0.308. The Morgan fingerprint density at radius 2 is 1.76 bits per heavy atom. The number of carbonyl (C=O) groups is 1. The molecule has 3 heterocycles. The van der Waals surface area contributed by atoms with E-state index in [1.807, 2.05) is 4.67 Å². The number of amidine groups is 1. The molecule has 0 bridgehead atoms. The first kappa shape index (κ1) is 26.6. The Labute approximate surface area is 221 Å². The number of halogens is 4. The molecule has 2 aromatic carbocycles. The molecule has 1 saturated heterocycles. The lowest BCUT2D eigenvalue weighted by Gasteiger charge is -2.46. The largest absolute Gasteiger partial charge is 0.465 e. The van der Waals surface area contributed by atoms with Crippen molar-refractivity contribution in [1.29, 1.82) is 0 Å². The molecule has 5 rings (SSSR count). The van der Waals surface area contributed by atoms with Crippen molar-refractivity contribution in [3.8, 4) is 0 Å². The molecule has 1 aromatic heterocycles. The van der Waals surface area contributed by atoms with Gasteiger partial charge >= 0.3 is 12.1 Å². The third-order valence-corrected chi connectivity index (χ3v) is 11.5. The monoisotopic (exact) mass is 564 g/mol. The van der Waals surface area contributed by atoms with E-state index in [0.717, 1.165) is 36.7 Å². The second-order valence-electron chi connectivity index (χ2n) is 8.96. The molecule has 1 atom stereocenters. The Bertz CT molecular complexity index is 1450. The lowest BCUT2D eigenvalue weighted by molar-refractivity contribution is -0.137. The zero-order chi connectivity index (χ0) is 27.1. The summed E-state index contributed by atoms with van der Waals surface area (Å²) in [6, 6.07) is 12.7. The van der Waals surface area contributed by atoms with Crippen LogP contribution < -0.4 is 5.30 Å². The lowest BCUT2D eigenvalue weighted by Crippen LogP contribution is -2.42. The molecule has 0 unspecified atom stereocenters. The molecule has 3 aromatic rings. The predicted molar refractivity (Wildman–Crippen MR) is 142 cm³/mol. The minimum absolute atomic E-state index is 0.178. The van der Waals surface area contributed by atoms with Crippen molar-refractivity contribution in [3.63, 3.8) is 0 Å². The Balaban J connectivity index is 1.86. The smallest absolute Gasteiger partial charge is 0.418 e. The Morgan fingerprint density at radius 1 is 1.08 bits per heavy atom. The fourth-order valence-electron chi connectivity index (χ4n) is 4.81. The molecule has 0 radical (unpaired) electrons. The van der Waals surface area contributed by atoms with Crippen LogP contribution in [0.4, 0.5) is 28.3 Å². The molecule has 38 heavy (non-hydrogen) atoms. The third kappa shape index (κ3) is 4.67. The van der Waals surface area contributed by atoms with Gasteiger partial charge in [-0.2, -0.15) is 13.2 Å². The van der Waals surface area contributed by atoms with Crippen molar-refractivity contribution in [2.24, 2.45) is 9.74 Å². The van der Waals surface area contributed by atoms with Crippen LogP contribution in [0.15, 0.2) is 64.3 Å². The number of fused-ring (bicyclic) bond motifs is 1. The van der Waals surface area contributed by atoms with Gasteiger partial charge in [-0.05, 0) is 55.3 Å². The quantitative estimate of drug-likeness (QED) is 0.191. The lowest BCUT2D eigenvalue weighted by atomic mass is 10.2. The van der Waals surface area contributed by atoms with Crippen LogP contribution in [0.3, 0.4) is 0 Å². The first-order chi connectivity index (χ1) is 18.1. The number of nitrogens with zero attached hydrogens (tertiary/aromatic N) is 4. The van der Waals surface area contributed by atoms with E-state index >= 15 is 0 Å². The van der Waals surface area contributed by atoms with Crippen molar-refractivity contribution in [2.75, 3.05) is 27.2 Å². The molecule has 12 heteroatoms. The van der Waals surface area contributed by atoms with Gasteiger partial charge in [-0.3, -0.25) is 0 Å². The second kappa shape index (κ2) is 10.3. The highest BCUT2D eigenvalue weighted by atomic mass is 32.1. The summed E-state index contributed by atoms with van der Waals surface area (Å²) in [4.78, 5) is 17.6. The van der Waals surface area contributed by atoms with E-state index in [0.29, 0.717) is 34.8 Å². The molecule has 2 aliphatic heterocycles. The average molecular weight is 565 g/mol. The van der Waals surface area contributed by atoms with Crippen molar-refractivity contribution < 1.29 is 27.1 Å². The summed E-state index contributed by atoms with van der Waals surface area (Å²) in [5.41, 5.74) is -0.420. The van der Waals surface area contributed by atoms with Gasteiger partial charge in [0.2, 0.25) is 0 Å². The summed E-state index contributed by atoms with van der Waals surface area (Å²) >= 11 is 1.11. The maximum atomic E-state index is 14.1. The van der Waals surface area contributed by atoms with Crippen LogP contribution in [0.2, 0.25) is 0 Å². The number of carbonyl (C=O) groups excluding carboxylic acids is 1. The zero-order valence-electron chi connectivity index (χ0n) is 20.7. The summed E-state index contributed by atoms with van der Waals surface area (Å²) < 4.78 is 70.0. The SMILES string of the molecule is COC(=O)c1cc2c(s1)N=C(c1ccc(F)cc1)N(C)[P@]2(=Nc1ccccc1C(F)(F)F)N1CCCCC1. The minimum Gasteiger partial charge on any atom is -0.465 e. The summed E-state index contributed by atoms with van der Waals surface area (Å²) in [7, 11) is -0.116. The average Bonchev–Trinajstić information content (AvgIpc) is 3.35. The Morgan fingerprint density at radius 3 is 2.42 bits per heavy atom. The van der Waals surface area contributed by atoms with E-state index in [4.69, 9.17) is 14.5 Å². The predicted octanol–water partition coefficient (Wildman–Crippen LogP) is 7.19. The molecule has 0 amide bonds. The third-order valence-electron chi connectivity index (χ3n) is 6.62. The standard InChI is InChI=1S/C26H25F4N4O2PS/c1-33-23(17-10-12-18(27)13-11-17)31-24-21(16-22(38-24)25(35)36-2)37(33,34-14-6-3-7-15-34)32-20-9-5-4-8-19(20)26(28,29)30/h4-5,8-13,16H,3,6-7,14-15H2,1-2H3/t37-/m0/s1. The van der Waals surface area contributed by atoms with Gasteiger partial charge < -0.3 is 9.41 Å². The molecule has 1 fully saturated rings. The number of benzene rings is 2. The number of rotatable bonds is 4. The highest BCUT2D eigenvalue weighted by Crippen LogP contribution is 2.63. The Hall–Kier alpha value is -3.01. The number of alkyl halides is 3. The number of esters is 1. The van der Waals surface area contributed by atoms with Crippen LogP contribution in [-0.4, -0.2) is 48.4 Å². The van der Waals surface area contributed by atoms with Crippen LogP contribution in [0.25, 0.3) is 0 Å². The number of piperidine rings is 1. The molecule has 6 nitrogen and oxygen atoms in total. The van der Waals surface area contributed by atoms with Gasteiger partial charge in [-0.1, -0.05) is 18.6 Å². The normalized spacial score (nSPS) is 20.1. The summed E-state index contributed by atoms with van der Waals surface area (Å²) in [6.45, 7) is 1.24. The minimum atomic E-state index is -4.61.